The summed E-state index contributed by atoms with van der Waals surface area (Å²) in [5.41, 5.74) is 3.39. The van der Waals surface area contributed by atoms with E-state index >= 15 is 0 Å². The second-order valence-corrected chi connectivity index (χ2v) is 7.63. The maximum absolute atomic E-state index is 12.2. The van der Waals surface area contributed by atoms with Crippen molar-refractivity contribution in [1.29, 1.82) is 0 Å². The van der Waals surface area contributed by atoms with Crippen molar-refractivity contribution in [3.8, 4) is 5.75 Å². The van der Waals surface area contributed by atoms with Gasteiger partial charge in [-0.2, -0.15) is 0 Å². The summed E-state index contributed by atoms with van der Waals surface area (Å²) in [7, 11) is 1.79. The first-order chi connectivity index (χ1) is 13.9. The summed E-state index contributed by atoms with van der Waals surface area (Å²) in [5.74, 6) is 0.588. The van der Waals surface area contributed by atoms with E-state index < -0.39 is 0 Å². The molecule has 1 aliphatic rings. The van der Waals surface area contributed by atoms with Gasteiger partial charge >= 0.3 is 6.09 Å². The molecule has 0 unspecified atom stereocenters. The van der Waals surface area contributed by atoms with E-state index in [1.165, 1.54) is 17.5 Å². The van der Waals surface area contributed by atoms with E-state index in [0.717, 1.165) is 18.5 Å². The Bertz CT molecular complexity index is 851. The van der Waals surface area contributed by atoms with Crippen LogP contribution in [0.4, 0.5) is 10.5 Å². The van der Waals surface area contributed by atoms with Gasteiger partial charge in [-0.3, -0.25) is 4.79 Å². The molecule has 29 heavy (non-hydrogen) atoms. The van der Waals surface area contributed by atoms with Crippen molar-refractivity contribution in [2.24, 2.45) is 0 Å². The van der Waals surface area contributed by atoms with Crippen LogP contribution in [0.25, 0.3) is 0 Å². The topological polar surface area (TPSA) is 49.9 Å². The van der Waals surface area contributed by atoms with Crippen LogP contribution in [0.1, 0.15) is 51.2 Å². The largest absolute Gasteiger partial charge is 0.415 e. The zero-order valence-electron chi connectivity index (χ0n) is 17.8. The average molecular weight is 395 g/mol. The van der Waals surface area contributed by atoms with Gasteiger partial charge in [0.25, 0.3) is 0 Å². The van der Waals surface area contributed by atoms with Crippen LogP contribution in [0.2, 0.25) is 0 Å². The molecule has 0 heterocycles. The minimum absolute atomic E-state index is 0.00522. The van der Waals surface area contributed by atoms with Crippen LogP contribution in [0, 0.1) is 0 Å². The molecule has 0 radical (unpaired) electrons. The standard InChI is InChI=1S/C24H30N2O3/c1-5-26(6-2)23(28)29-22-14-10-20(11-15-22)24(16-7-17-24)19-8-12-21(13-9-19)25(4)18(3)27/h8-15H,5-7,16-17H2,1-4H3. The number of ether oxygens (including phenoxy) is 1. The molecule has 0 aromatic heterocycles. The van der Waals surface area contributed by atoms with Crippen LogP contribution in [0.3, 0.4) is 0 Å². The van der Waals surface area contributed by atoms with Gasteiger partial charge in [0.05, 0.1) is 0 Å². The van der Waals surface area contributed by atoms with E-state index in [-0.39, 0.29) is 17.4 Å². The van der Waals surface area contributed by atoms with Crippen LogP contribution in [-0.2, 0) is 10.2 Å². The first-order valence-corrected chi connectivity index (χ1v) is 10.3. The summed E-state index contributed by atoms with van der Waals surface area (Å²) in [4.78, 5) is 27.0. The number of hydrogen-bond donors (Lipinski definition) is 0. The van der Waals surface area contributed by atoms with Gasteiger partial charge in [-0.25, -0.2) is 4.79 Å². The van der Waals surface area contributed by atoms with Crippen molar-refractivity contribution in [3.05, 3.63) is 59.7 Å². The number of carbonyl (C=O) groups excluding carboxylic acids is 2. The van der Waals surface area contributed by atoms with E-state index in [0.29, 0.717) is 18.8 Å². The summed E-state index contributed by atoms with van der Waals surface area (Å²) in [6.45, 7) is 6.70. The number of rotatable bonds is 6. The molecule has 2 amide bonds. The maximum atomic E-state index is 12.2. The van der Waals surface area contributed by atoms with Gasteiger partial charge in [-0.15, -0.1) is 0 Å². The summed E-state index contributed by atoms with van der Waals surface area (Å²) in [5, 5.41) is 0. The number of amides is 2. The predicted octanol–water partition coefficient (Wildman–Crippen LogP) is 4.98. The minimum atomic E-state index is -0.314. The third kappa shape index (κ3) is 4.14. The highest BCUT2D eigenvalue weighted by molar-refractivity contribution is 5.90. The highest BCUT2D eigenvalue weighted by Crippen LogP contribution is 2.49. The highest BCUT2D eigenvalue weighted by Gasteiger charge is 2.40. The molecule has 0 spiro atoms. The van der Waals surface area contributed by atoms with Gasteiger partial charge < -0.3 is 14.5 Å². The molecule has 0 N–H and O–H groups in total. The molecular weight excluding hydrogens is 364 g/mol. The zero-order valence-corrected chi connectivity index (χ0v) is 17.8. The van der Waals surface area contributed by atoms with Crippen molar-refractivity contribution in [2.45, 2.75) is 45.4 Å². The SMILES string of the molecule is CCN(CC)C(=O)Oc1ccc(C2(c3ccc(N(C)C(C)=O)cc3)CCC2)cc1. The molecular formula is C24H30N2O3. The van der Waals surface area contributed by atoms with Gasteiger partial charge in [0, 0.05) is 38.2 Å². The third-order valence-corrected chi connectivity index (χ3v) is 6.12. The average Bonchev–Trinajstić information content (AvgIpc) is 2.69. The zero-order chi connectivity index (χ0) is 21.0. The van der Waals surface area contributed by atoms with E-state index in [1.807, 2.05) is 38.1 Å². The smallest absolute Gasteiger partial charge is 0.410 e. The Morgan fingerprint density at radius 1 is 0.931 bits per heavy atom. The summed E-state index contributed by atoms with van der Waals surface area (Å²) >= 11 is 0. The second-order valence-electron chi connectivity index (χ2n) is 7.63. The lowest BCUT2D eigenvalue weighted by Gasteiger charge is -2.43. The van der Waals surface area contributed by atoms with Gasteiger partial charge in [-0.05, 0) is 62.1 Å². The lowest BCUT2D eigenvalue weighted by molar-refractivity contribution is -0.116. The molecule has 0 saturated heterocycles. The Hall–Kier alpha value is -2.82. The Balaban J connectivity index is 1.79. The van der Waals surface area contributed by atoms with Crippen LogP contribution in [0.15, 0.2) is 48.5 Å². The Morgan fingerprint density at radius 3 is 1.86 bits per heavy atom. The number of hydrogen-bond acceptors (Lipinski definition) is 3. The minimum Gasteiger partial charge on any atom is -0.410 e. The molecule has 1 aliphatic carbocycles. The van der Waals surface area contributed by atoms with Gasteiger partial charge in [-0.1, -0.05) is 30.7 Å². The van der Waals surface area contributed by atoms with Gasteiger partial charge in [0.1, 0.15) is 5.75 Å². The quantitative estimate of drug-likeness (QED) is 0.694. The molecule has 2 aromatic rings. The lowest BCUT2D eigenvalue weighted by Crippen LogP contribution is -2.35. The van der Waals surface area contributed by atoms with Crippen LogP contribution in [0.5, 0.6) is 5.75 Å². The molecule has 154 valence electrons. The van der Waals surface area contributed by atoms with E-state index in [2.05, 4.69) is 24.3 Å². The van der Waals surface area contributed by atoms with Gasteiger partial charge in [0.2, 0.25) is 5.91 Å². The molecule has 2 aromatic carbocycles. The van der Waals surface area contributed by atoms with E-state index in [1.54, 1.807) is 23.8 Å². The molecule has 1 saturated carbocycles. The summed E-state index contributed by atoms with van der Waals surface area (Å²) in [6, 6.07) is 16.2. The maximum Gasteiger partial charge on any atom is 0.415 e. The van der Waals surface area contributed by atoms with Crippen molar-refractivity contribution in [3.63, 3.8) is 0 Å². The molecule has 0 aliphatic heterocycles. The monoisotopic (exact) mass is 394 g/mol. The first-order valence-electron chi connectivity index (χ1n) is 10.3. The third-order valence-electron chi connectivity index (χ3n) is 6.12. The fraction of sp³-hybridized carbons (Fsp3) is 0.417. The van der Waals surface area contributed by atoms with Gasteiger partial charge in [0.15, 0.2) is 0 Å². The van der Waals surface area contributed by atoms with E-state index in [4.69, 9.17) is 4.74 Å². The second kappa shape index (κ2) is 8.68. The molecule has 5 nitrogen and oxygen atoms in total. The molecule has 0 atom stereocenters. The van der Waals surface area contributed by atoms with Crippen LogP contribution >= 0.6 is 0 Å². The lowest BCUT2D eigenvalue weighted by atomic mass is 9.60. The fourth-order valence-corrected chi connectivity index (χ4v) is 3.95. The van der Waals surface area contributed by atoms with Crippen LogP contribution < -0.4 is 9.64 Å². The first kappa shape index (κ1) is 20.9. The van der Waals surface area contributed by atoms with Crippen molar-refractivity contribution in [2.75, 3.05) is 25.0 Å². The molecule has 0 bridgehead atoms. The highest BCUT2D eigenvalue weighted by atomic mass is 16.6. The number of nitrogens with zero attached hydrogens (tertiary/aromatic N) is 2. The summed E-state index contributed by atoms with van der Waals surface area (Å²) < 4.78 is 5.50. The number of carbonyl (C=O) groups is 2. The molecule has 3 rings (SSSR count). The van der Waals surface area contributed by atoms with E-state index in [9.17, 15) is 9.59 Å². The molecule has 5 heteroatoms. The number of benzene rings is 2. The molecule has 1 fully saturated rings. The normalized spacial score (nSPS) is 14.6. The number of anilines is 1. The summed E-state index contributed by atoms with van der Waals surface area (Å²) in [6.07, 6.45) is 3.06. The van der Waals surface area contributed by atoms with Crippen molar-refractivity contribution >= 4 is 17.7 Å². The van der Waals surface area contributed by atoms with Crippen LogP contribution in [-0.4, -0.2) is 37.0 Å². The van der Waals surface area contributed by atoms with Crippen molar-refractivity contribution < 1.29 is 14.3 Å². The van der Waals surface area contributed by atoms with Crippen molar-refractivity contribution in [1.82, 2.24) is 4.90 Å². The Kier molecular flexibility index (Phi) is 6.26. The fourth-order valence-electron chi connectivity index (χ4n) is 3.95. The Morgan fingerprint density at radius 2 is 1.45 bits per heavy atom. The Labute approximate surface area is 173 Å². The predicted molar refractivity (Wildman–Crippen MR) is 116 cm³/mol.